The van der Waals surface area contributed by atoms with Gasteiger partial charge in [-0.15, -0.1) is 0 Å². The lowest BCUT2D eigenvalue weighted by atomic mass is 9.83. The number of halogens is 3. The molecular weight excluding hydrogens is 397 g/mol. The number of methoxy groups -OCH3 is 1. The molecule has 0 bridgehead atoms. The first-order valence-corrected chi connectivity index (χ1v) is 10.4. The number of rotatable bonds is 8. The molecule has 2 rings (SSSR count). The minimum Gasteiger partial charge on any atom is -0.377 e. The smallest absolute Gasteiger partial charge is 0.377 e. The maximum absolute atomic E-state index is 13.9. The summed E-state index contributed by atoms with van der Waals surface area (Å²) in [6, 6.07) is 17.0. The van der Waals surface area contributed by atoms with E-state index in [2.05, 4.69) is 6.58 Å². The number of benzene rings is 2. The molecule has 0 spiro atoms. The molecule has 4 heteroatoms. The van der Waals surface area contributed by atoms with Gasteiger partial charge in [0.1, 0.15) is 0 Å². The van der Waals surface area contributed by atoms with Crippen LogP contribution in [0.4, 0.5) is 13.2 Å². The van der Waals surface area contributed by atoms with Gasteiger partial charge in [0.05, 0.1) is 11.7 Å². The molecule has 2 aromatic carbocycles. The predicted molar refractivity (Wildman–Crippen MR) is 123 cm³/mol. The quantitative estimate of drug-likeness (QED) is 0.385. The minimum absolute atomic E-state index is 0.108. The van der Waals surface area contributed by atoms with Crippen molar-refractivity contribution >= 4 is 5.57 Å². The number of hydrogen-bond donors (Lipinski definition) is 0. The van der Waals surface area contributed by atoms with Gasteiger partial charge in [0.2, 0.25) is 0 Å². The Bertz CT molecular complexity index is 957. The molecule has 0 saturated heterocycles. The van der Waals surface area contributed by atoms with Gasteiger partial charge in [-0.25, -0.2) is 0 Å². The molecule has 0 radical (unpaired) electrons. The fraction of sp³-hybridized carbons (Fsp3) is 0.333. The van der Waals surface area contributed by atoms with E-state index in [1.165, 1.54) is 0 Å². The van der Waals surface area contributed by atoms with Crippen LogP contribution < -0.4 is 0 Å². The molecule has 0 heterocycles. The zero-order chi connectivity index (χ0) is 23.2. The lowest BCUT2D eigenvalue weighted by molar-refractivity contribution is -0.0887. The standard InChI is InChI=1S/C27H31F3O/c1-7-25(31-6)23-16-12-11-15-22(23)17-24(18(2)3)26(20(5)27(28,29)30)19(4)21-13-9-8-10-14-21/h8-16,25H,5,7,17H2,1-4,6H3/b26-19+. The minimum atomic E-state index is -4.52. The molecule has 0 saturated carbocycles. The van der Waals surface area contributed by atoms with Crippen molar-refractivity contribution < 1.29 is 17.9 Å². The van der Waals surface area contributed by atoms with Crippen LogP contribution in [0.2, 0.25) is 0 Å². The molecule has 2 aromatic rings. The Kier molecular flexibility index (Phi) is 8.46. The van der Waals surface area contributed by atoms with Gasteiger partial charge in [-0.1, -0.05) is 73.7 Å². The summed E-state index contributed by atoms with van der Waals surface area (Å²) in [5.74, 6) is 0. The molecule has 166 valence electrons. The van der Waals surface area contributed by atoms with Crippen molar-refractivity contribution in [1.29, 1.82) is 0 Å². The van der Waals surface area contributed by atoms with Gasteiger partial charge in [0.15, 0.2) is 0 Å². The van der Waals surface area contributed by atoms with Gasteiger partial charge in [-0.3, -0.25) is 0 Å². The van der Waals surface area contributed by atoms with Crippen LogP contribution in [-0.2, 0) is 11.2 Å². The fourth-order valence-electron chi connectivity index (χ4n) is 3.84. The number of ether oxygens (including phenoxy) is 1. The van der Waals surface area contributed by atoms with E-state index < -0.39 is 11.7 Å². The average Bonchev–Trinajstić information content (AvgIpc) is 2.74. The summed E-state index contributed by atoms with van der Waals surface area (Å²) in [5.41, 5.74) is 4.09. The van der Waals surface area contributed by atoms with Crippen LogP contribution in [0, 0.1) is 0 Å². The summed E-state index contributed by atoms with van der Waals surface area (Å²) >= 11 is 0. The van der Waals surface area contributed by atoms with Crippen LogP contribution >= 0.6 is 0 Å². The molecule has 0 aliphatic heterocycles. The van der Waals surface area contributed by atoms with Crippen molar-refractivity contribution in [3.8, 4) is 0 Å². The van der Waals surface area contributed by atoms with Gasteiger partial charge in [-0.05, 0) is 67.0 Å². The molecule has 0 amide bonds. The molecule has 0 fully saturated rings. The second kappa shape index (κ2) is 10.6. The van der Waals surface area contributed by atoms with Crippen molar-refractivity contribution in [2.45, 2.75) is 52.8 Å². The largest absolute Gasteiger partial charge is 0.416 e. The lowest BCUT2D eigenvalue weighted by Crippen LogP contribution is -2.17. The predicted octanol–water partition coefficient (Wildman–Crippen LogP) is 8.26. The zero-order valence-electron chi connectivity index (χ0n) is 18.9. The molecule has 0 aliphatic carbocycles. The Morgan fingerprint density at radius 3 is 2.06 bits per heavy atom. The molecule has 31 heavy (non-hydrogen) atoms. The molecule has 1 atom stereocenters. The molecule has 0 aliphatic rings. The highest BCUT2D eigenvalue weighted by Crippen LogP contribution is 2.40. The van der Waals surface area contributed by atoms with Crippen LogP contribution in [0.3, 0.4) is 0 Å². The Morgan fingerprint density at radius 2 is 1.55 bits per heavy atom. The van der Waals surface area contributed by atoms with E-state index in [1.807, 2.05) is 75.4 Å². The molecular formula is C27H31F3O. The van der Waals surface area contributed by atoms with E-state index in [0.717, 1.165) is 28.7 Å². The molecule has 1 nitrogen and oxygen atoms in total. The first-order valence-electron chi connectivity index (χ1n) is 10.4. The van der Waals surface area contributed by atoms with Crippen LogP contribution in [0.1, 0.15) is 56.9 Å². The highest BCUT2D eigenvalue weighted by atomic mass is 19.4. The van der Waals surface area contributed by atoms with Crippen LogP contribution in [0.25, 0.3) is 5.57 Å². The third-order valence-corrected chi connectivity index (χ3v) is 5.56. The Hall–Kier alpha value is -2.59. The van der Waals surface area contributed by atoms with E-state index in [9.17, 15) is 13.2 Å². The highest BCUT2D eigenvalue weighted by molar-refractivity contribution is 5.76. The first kappa shape index (κ1) is 24.7. The summed E-state index contributed by atoms with van der Waals surface area (Å²) in [4.78, 5) is 0. The monoisotopic (exact) mass is 428 g/mol. The average molecular weight is 429 g/mol. The van der Waals surface area contributed by atoms with E-state index in [-0.39, 0.29) is 11.7 Å². The van der Waals surface area contributed by atoms with Gasteiger partial charge < -0.3 is 4.74 Å². The Labute approximate surface area is 184 Å². The third-order valence-electron chi connectivity index (χ3n) is 5.56. The summed E-state index contributed by atoms with van der Waals surface area (Å²) < 4.78 is 47.3. The summed E-state index contributed by atoms with van der Waals surface area (Å²) in [5, 5.41) is 0. The van der Waals surface area contributed by atoms with Crippen molar-refractivity contribution in [3.05, 3.63) is 100 Å². The van der Waals surface area contributed by atoms with Gasteiger partial charge in [-0.2, -0.15) is 13.2 Å². The lowest BCUT2D eigenvalue weighted by Gasteiger charge is -2.24. The van der Waals surface area contributed by atoms with Gasteiger partial charge in [0, 0.05) is 7.11 Å². The second-order valence-corrected chi connectivity index (χ2v) is 7.83. The number of allylic oxidation sites excluding steroid dienone is 5. The van der Waals surface area contributed by atoms with Crippen LogP contribution in [0.15, 0.2) is 83.5 Å². The van der Waals surface area contributed by atoms with Crippen LogP contribution in [-0.4, -0.2) is 13.3 Å². The zero-order valence-corrected chi connectivity index (χ0v) is 18.9. The Balaban J connectivity index is 2.70. The maximum atomic E-state index is 13.9. The van der Waals surface area contributed by atoms with Crippen molar-refractivity contribution in [2.24, 2.45) is 0 Å². The van der Waals surface area contributed by atoms with E-state index >= 15 is 0 Å². The van der Waals surface area contributed by atoms with E-state index in [4.69, 9.17) is 4.74 Å². The third kappa shape index (κ3) is 5.98. The summed E-state index contributed by atoms with van der Waals surface area (Å²) in [6.07, 6.45) is -3.49. The summed E-state index contributed by atoms with van der Waals surface area (Å²) in [6.45, 7) is 10.9. The number of alkyl halides is 3. The normalized spacial score (nSPS) is 13.4. The van der Waals surface area contributed by atoms with E-state index in [1.54, 1.807) is 14.0 Å². The topological polar surface area (TPSA) is 9.23 Å². The number of hydrogen-bond acceptors (Lipinski definition) is 1. The first-order chi connectivity index (χ1) is 14.6. The Morgan fingerprint density at radius 1 is 0.968 bits per heavy atom. The summed E-state index contributed by atoms with van der Waals surface area (Å²) in [7, 11) is 1.66. The van der Waals surface area contributed by atoms with Gasteiger partial charge >= 0.3 is 6.18 Å². The maximum Gasteiger partial charge on any atom is 0.416 e. The second-order valence-electron chi connectivity index (χ2n) is 7.83. The molecule has 0 N–H and O–H groups in total. The van der Waals surface area contributed by atoms with Crippen molar-refractivity contribution in [3.63, 3.8) is 0 Å². The van der Waals surface area contributed by atoms with E-state index in [0.29, 0.717) is 17.6 Å². The highest BCUT2D eigenvalue weighted by Gasteiger charge is 2.36. The fourth-order valence-corrected chi connectivity index (χ4v) is 3.84. The van der Waals surface area contributed by atoms with Crippen LogP contribution in [0.5, 0.6) is 0 Å². The molecule has 1 unspecified atom stereocenters. The van der Waals surface area contributed by atoms with Crippen molar-refractivity contribution in [2.75, 3.05) is 7.11 Å². The van der Waals surface area contributed by atoms with Crippen molar-refractivity contribution in [1.82, 2.24) is 0 Å². The SMILES string of the molecule is C=C(/C(C(Cc1ccccc1C(CC)OC)=C(C)C)=C(/C)c1ccccc1)C(F)(F)F. The van der Waals surface area contributed by atoms with Gasteiger partial charge in [0.25, 0.3) is 0 Å². The molecule has 0 aromatic heterocycles.